The summed E-state index contributed by atoms with van der Waals surface area (Å²) < 4.78 is 11.8. The molecule has 2 rings (SSSR count). The third kappa shape index (κ3) is 4.92. The van der Waals surface area contributed by atoms with E-state index in [1.165, 1.54) is 17.5 Å². The SMILES string of the molecule is COC(=O)[C@@H](C)C[C@H](C)CO[Si](c1ccccc1)(c1ccccc1)C(C)(C)C. The van der Waals surface area contributed by atoms with Crippen LogP contribution >= 0.6 is 0 Å². The van der Waals surface area contributed by atoms with Crippen LogP contribution in [0.4, 0.5) is 0 Å². The molecule has 2 aromatic carbocycles. The van der Waals surface area contributed by atoms with Crippen molar-refractivity contribution in [1.29, 1.82) is 0 Å². The maximum Gasteiger partial charge on any atom is 0.308 e. The molecule has 2 aromatic rings. The van der Waals surface area contributed by atoms with Crippen LogP contribution in [0.1, 0.15) is 41.0 Å². The molecule has 2 atom stereocenters. The molecule has 0 aliphatic carbocycles. The fourth-order valence-corrected chi connectivity index (χ4v) is 8.69. The van der Waals surface area contributed by atoms with Gasteiger partial charge >= 0.3 is 5.97 Å². The van der Waals surface area contributed by atoms with E-state index < -0.39 is 8.32 Å². The van der Waals surface area contributed by atoms with Crippen LogP contribution in [0.3, 0.4) is 0 Å². The van der Waals surface area contributed by atoms with Crippen molar-refractivity contribution in [3.63, 3.8) is 0 Å². The second-order valence-corrected chi connectivity index (χ2v) is 13.0. The molecule has 4 heteroatoms. The van der Waals surface area contributed by atoms with Crippen LogP contribution < -0.4 is 10.4 Å². The second-order valence-electron chi connectivity index (χ2n) is 8.74. The molecule has 3 nitrogen and oxygen atoms in total. The lowest BCUT2D eigenvalue weighted by Gasteiger charge is -2.43. The number of carbonyl (C=O) groups is 1. The Balaban J connectivity index is 2.38. The first-order valence-corrected chi connectivity index (χ1v) is 12.0. The summed E-state index contributed by atoms with van der Waals surface area (Å²) in [6, 6.07) is 21.3. The molecule has 0 saturated heterocycles. The summed E-state index contributed by atoms with van der Waals surface area (Å²) >= 11 is 0. The quantitative estimate of drug-likeness (QED) is 0.488. The van der Waals surface area contributed by atoms with Gasteiger partial charge in [-0.25, -0.2) is 0 Å². The summed E-state index contributed by atoms with van der Waals surface area (Å²) in [7, 11) is -1.07. The topological polar surface area (TPSA) is 35.5 Å². The molecule has 0 unspecified atom stereocenters. The Morgan fingerprint density at radius 3 is 1.79 bits per heavy atom. The smallest absolute Gasteiger partial charge is 0.308 e. The van der Waals surface area contributed by atoms with Crippen LogP contribution in [-0.4, -0.2) is 28.0 Å². The first-order chi connectivity index (χ1) is 13.2. The lowest BCUT2D eigenvalue weighted by molar-refractivity contribution is -0.145. The van der Waals surface area contributed by atoms with Gasteiger partial charge in [0.05, 0.1) is 13.0 Å². The maximum absolute atomic E-state index is 11.8. The van der Waals surface area contributed by atoms with Gasteiger partial charge in [0, 0.05) is 6.61 Å². The van der Waals surface area contributed by atoms with Crippen LogP contribution in [-0.2, 0) is 14.0 Å². The van der Waals surface area contributed by atoms with Gasteiger partial charge in [-0.1, -0.05) is 95.3 Å². The van der Waals surface area contributed by atoms with Gasteiger partial charge in [0.1, 0.15) is 0 Å². The first kappa shape index (κ1) is 22.4. The molecule has 0 saturated carbocycles. The highest BCUT2D eigenvalue weighted by molar-refractivity contribution is 6.99. The van der Waals surface area contributed by atoms with E-state index in [-0.39, 0.29) is 22.8 Å². The van der Waals surface area contributed by atoms with Gasteiger partial charge in [-0.3, -0.25) is 4.79 Å². The summed E-state index contributed by atoms with van der Waals surface area (Å²) in [4.78, 5) is 11.8. The van der Waals surface area contributed by atoms with Crippen molar-refractivity contribution in [2.24, 2.45) is 11.8 Å². The van der Waals surface area contributed by atoms with E-state index in [1.54, 1.807) is 0 Å². The third-order valence-electron chi connectivity index (χ3n) is 5.36. The number of benzene rings is 2. The van der Waals surface area contributed by atoms with Gasteiger partial charge < -0.3 is 9.16 Å². The summed E-state index contributed by atoms with van der Waals surface area (Å²) in [6.45, 7) is 11.5. The minimum absolute atomic E-state index is 0.0383. The molecule has 0 aromatic heterocycles. The van der Waals surface area contributed by atoms with E-state index in [9.17, 15) is 4.79 Å². The van der Waals surface area contributed by atoms with Gasteiger partial charge in [-0.2, -0.15) is 0 Å². The van der Waals surface area contributed by atoms with Crippen molar-refractivity contribution in [3.05, 3.63) is 60.7 Å². The van der Waals surface area contributed by atoms with Crippen molar-refractivity contribution in [2.45, 2.75) is 46.1 Å². The van der Waals surface area contributed by atoms with Crippen molar-refractivity contribution in [2.75, 3.05) is 13.7 Å². The zero-order valence-corrected chi connectivity index (χ0v) is 19.1. The van der Waals surface area contributed by atoms with E-state index in [4.69, 9.17) is 9.16 Å². The van der Waals surface area contributed by atoms with Crippen molar-refractivity contribution in [1.82, 2.24) is 0 Å². The molecule has 0 N–H and O–H groups in total. The van der Waals surface area contributed by atoms with Gasteiger partial charge in [0.2, 0.25) is 0 Å². The molecule has 0 fully saturated rings. The van der Waals surface area contributed by atoms with E-state index >= 15 is 0 Å². The highest BCUT2D eigenvalue weighted by Crippen LogP contribution is 2.37. The second kappa shape index (κ2) is 9.53. The molecule has 0 aliphatic heterocycles. The predicted octanol–water partition coefficient (Wildman–Crippen LogP) is 4.40. The van der Waals surface area contributed by atoms with Crippen LogP contribution in [0.2, 0.25) is 5.04 Å². The monoisotopic (exact) mass is 398 g/mol. The minimum Gasteiger partial charge on any atom is -0.469 e. The van der Waals surface area contributed by atoms with Gasteiger partial charge in [0.25, 0.3) is 8.32 Å². The fraction of sp³-hybridized carbons (Fsp3) is 0.458. The summed E-state index contributed by atoms with van der Waals surface area (Å²) in [5.74, 6) is -0.0178. The lowest BCUT2D eigenvalue weighted by Crippen LogP contribution is -2.66. The number of esters is 1. The first-order valence-electron chi connectivity index (χ1n) is 10.0. The largest absolute Gasteiger partial charge is 0.469 e. The summed E-state index contributed by atoms with van der Waals surface area (Å²) in [6.07, 6.45) is 0.755. The maximum atomic E-state index is 11.8. The zero-order valence-electron chi connectivity index (χ0n) is 18.1. The predicted molar refractivity (Wildman–Crippen MR) is 119 cm³/mol. The molecule has 0 heterocycles. The molecule has 0 radical (unpaired) electrons. The summed E-state index contributed by atoms with van der Waals surface area (Å²) in [5.41, 5.74) is 0. The third-order valence-corrected chi connectivity index (χ3v) is 10.4. The Kier molecular flexibility index (Phi) is 7.61. The number of hydrogen-bond acceptors (Lipinski definition) is 3. The Morgan fingerprint density at radius 2 is 1.39 bits per heavy atom. The number of carbonyl (C=O) groups excluding carboxylic acids is 1. The van der Waals surface area contributed by atoms with Crippen LogP contribution in [0.5, 0.6) is 0 Å². The normalized spacial score (nSPS) is 14.4. The van der Waals surface area contributed by atoms with Crippen LogP contribution in [0.15, 0.2) is 60.7 Å². The van der Waals surface area contributed by atoms with E-state index in [0.29, 0.717) is 6.61 Å². The minimum atomic E-state index is -2.51. The zero-order chi connectivity index (χ0) is 20.8. The number of hydrogen-bond donors (Lipinski definition) is 0. The molecular formula is C24H34O3Si. The Morgan fingerprint density at radius 1 is 0.929 bits per heavy atom. The molecular weight excluding hydrogens is 364 g/mol. The van der Waals surface area contributed by atoms with Crippen molar-refractivity contribution in [3.8, 4) is 0 Å². The number of rotatable bonds is 8. The molecule has 28 heavy (non-hydrogen) atoms. The molecule has 152 valence electrons. The fourth-order valence-electron chi connectivity index (χ4n) is 4.00. The number of methoxy groups -OCH3 is 1. The average Bonchev–Trinajstić information content (AvgIpc) is 2.68. The Labute approximate surface area is 171 Å². The van der Waals surface area contributed by atoms with Crippen molar-refractivity contribution < 1.29 is 14.0 Å². The van der Waals surface area contributed by atoms with E-state index in [2.05, 4.69) is 88.4 Å². The average molecular weight is 399 g/mol. The van der Waals surface area contributed by atoms with Gasteiger partial charge in [0.15, 0.2) is 0 Å². The molecule has 0 spiro atoms. The summed E-state index contributed by atoms with van der Waals surface area (Å²) in [5, 5.41) is 2.52. The van der Waals surface area contributed by atoms with E-state index in [0.717, 1.165) is 6.42 Å². The lowest BCUT2D eigenvalue weighted by atomic mass is 9.98. The highest BCUT2D eigenvalue weighted by atomic mass is 28.4. The van der Waals surface area contributed by atoms with Crippen molar-refractivity contribution >= 4 is 24.7 Å². The number of ether oxygens (including phenoxy) is 1. The molecule has 0 aliphatic rings. The van der Waals surface area contributed by atoms with Crippen LogP contribution in [0.25, 0.3) is 0 Å². The molecule has 0 amide bonds. The van der Waals surface area contributed by atoms with Gasteiger partial charge in [-0.05, 0) is 27.8 Å². The highest BCUT2D eigenvalue weighted by Gasteiger charge is 2.50. The standard InChI is InChI=1S/C24H34O3Si/c1-19(17-20(2)23(25)26-6)18-27-28(24(3,4)5,21-13-9-7-10-14-21)22-15-11-8-12-16-22/h7-16,19-20H,17-18H2,1-6H3/t19-,20-/m0/s1. The Bertz CT molecular complexity index is 698. The van der Waals surface area contributed by atoms with Crippen LogP contribution in [0, 0.1) is 11.8 Å². The Hall–Kier alpha value is -1.91. The molecule has 0 bridgehead atoms. The van der Waals surface area contributed by atoms with E-state index in [1.807, 2.05) is 6.92 Å². The van der Waals surface area contributed by atoms with Gasteiger partial charge in [-0.15, -0.1) is 0 Å².